The molecule has 3 rings (SSSR count). The highest BCUT2D eigenvalue weighted by atomic mass is 16.5. The van der Waals surface area contributed by atoms with Gasteiger partial charge in [0.2, 0.25) is 0 Å². The SMILES string of the molecule is C[C@H]1[C@@H](NC(=O)COC(=O)c2ccccc2Cc2ccccc2)CCC[C@@H]1C. The van der Waals surface area contributed by atoms with Crippen molar-refractivity contribution in [2.24, 2.45) is 11.8 Å². The van der Waals surface area contributed by atoms with E-state index in [2.05, 4.69) is 19.2 Å². The fourth-order valence-corrected chi connectivity index (χ4v) is 3.93. The Kier molecular flexibility index (Phi) is 6.85. The maximum absolute atomic E-state index is 12.6. The quantitative estimate of drug-likeness (QED) is 0.758. The molecule has 0 unspecified atom stereocenters. The largest absolute Gasteiger partial charge is 0.452 e. The summed E-state index contributed by atoms with van der Waals surface area (Å²) in [5, 5.41) is 3.04. The first kappa shape index (κ1) is 20.1. The van der Waals surface area contributed by atoms with Crippen LogP contribution < -0.4 is 5.32 Å². The molecule has 3 atom stereocenters. The molecule has 0 radical (unpaired) electrons. The Morgan fingerprint density at radius 2 is 1.71 bits per heavy atom. The number of hydrogen-bond acceptors (Lipinski definition) is 3. The first-order chi connectivity index (χ1) is 13.5. The number of nitrogens with one attached hydrogen (secondary N) is 1. The molecule has 1 amide bonds. The van der Waals surface area contributed by atoms with Crippen molar-refractivity contribution in [3.63, 3.8) is 0 Å². The van der Waals surface area contributed by atoms with Crippen molar-refractivity contribution in [2.45, 2.75) is 45.6 Å². The maximum Gasteiger partial charge on any atom is 0.338 e. The summed E-state index contributed by atoms with van der Waals surface area (Å²) in [7, 11) is 0. The summed E-state index contributed by atoms with van der Waals surface area (Å²) >= 11 is 0. The highest BCUT2D eigenvalue weighted by Gasteiger charge is 2.28. The van der Waals surface area contributed by atoms with Crippen LogP contribution >= 0.6 is 0 Å². The van der Waals surface area contributed by atoms with Gasteiger partial charge in [-0.1, -0.05) is 75.2 Å². The Bertz CT molecular complexity index is 803. The van der Waals surface area contributed by atoms with Crippen LogP contribution in [0.3, 0.4) is 0 Å². The number of carbonyl (C=O) groups excluding carboxylic acids is 2. The van der Waals surface area contributed by atoms with Gasteiger partial charge in [-0.05, 0) is 41.9 Å². The van der Waals surface area contributed by atoms with Crippen molar-refractivity contribution in [3.05, 3.63) is 71.3 Å². The van der Waals surface area contributed by atoms with Crippen molar-refractivity contribution in [3.8, 4) is 0 Å². The van der Waals surface area contributed by atoms with Crippen LogP contribution in [0.2, 0.25) is 0 Å². The zero-order valence-corrected chi connectivity index (χ0v) is 16.7. The Labute approximate surface area is 167 Å². The maximum atomic E-state index is 12.6. The van der Waals surface area contributed by atoms with Crippen LogP contribution in [0.15, 0.2) is 54.6 Å². The summed E-state index contributed by atoms with van der Waals surface area (Å²) in [6, 6.07) is 17.6. The van der Waals surface area contributed by atoms with Gasteiger partial charge in [0, 0.05) is 6.04 Å². The molecule has 0 bridgehead atoms. The van der Waals surface area contributed by atoms with Crippen LogP contribution in [0.1, 0.15) is 54.6 Å². The van der Waals surface area contributed by atoms with E-state index >= 15 is 0 Å². The van der Waals surface area contributed by atoms with E-state index in [0.29, 0.717) is 23.8 Å². The van der Waals surface area contributed by atoms with Gasteiger partial charge in [-0.25, -0.2) is 4.79 Å². The van der Waals surface area contributed by atoms with E-state index in [1.165, 1.54) is 6.42 Å². The minimum Gasteiger partial charge on any atom is -0.452 e. The lowest BCUT2D eigenvalue weighted by atomic mass is 9.78. The molecule has 4 nitrogen and oxygen atoms in total. The predicted octanol–water partition coefficient (Wildman–Crippen LogP) is 4.38. The monoisotopic (exact) mass is 379 g/mol. The molecule has 0 heterocycles. The van der Waals surface area contributed by atoms with Crippen LogP contribution in [0.5, 0.6) is 0 Å². The van der Waals surface area contributed by atoms with E-state index in [0.717, 1.165) is 24.0 Å². The van der Waals surface area contributed by atoms with E-state index in [-0.39, 0.29) is 18.6 Å². The van der Waals surface area contributed by atoms with Crippen molar-refractivity contribution in [1.82, 2.24) is 5.32 Å². The molecule has 1 aliphatic rings. The predicted molar refractivity (Wildman–Crippen MR) is 110 cm³/mol. The first-order valence-corrected chi connectivity index (χ1v) is 10.1. The van der Waals surface area contributed by atoms with Crippen molar-refractivity contribution >= 4 is 11.9 Å². The second-order valence-electron chi connectivity index (χ2n) is 7.84. The third kappa shape index (κ3) is 5.22. The topological polar surface area (TPSA) is 55.4 Å². The molecule has 1 aliphatic carbocycles. The normalized spacial score (nSPS) is 21.7. The average molecular weight is 380 g/mol. The molecule has 28 heavy (non-hydrogen) atoms. The number of rotatable bonds is 6. The second kappa shape index (κ2) is 9.54. The van der Waals surface area contributed by atoms with Crippen LogP contribution in [0.4, 0.5) is 0 Å². The summed E-state index contributed by atoms with van der Waals surface area (Å²) < 4.78 is 5.32. The summed E-state index contributed by atoms with van der Waals surface area (Å²) in [5.74, 6) is 0.373. The zero-order valence-electron chi connectivity index (χ0n) is 16.7. The molecule has 1 fully saturated rings. The van der Waals surface area contributed by atoms with E-state index in [4.69, 9.17) is 4.74 Å². The van der Waals surface area contributed by atoms with Crippen LogP contribution in [0.25, 0.3) is 0 Å². The number of hydrogen-bond donors (Lipinski definition) is 1. The average Bonchev–Trinajstić information content (AvgIpc) is 2.71. The van der Waals surface area contributed by atoms with E-state index in [1.807, 2.05) is 48.5 Å². The van der Waals surface area contributed by atoms with E-state index in [1.54, 1.807) is 6.07 Å². The summed E-state index contributed by atoms with van der Waals surface area (Å²) in [5.41, 5.74) is 2.54. The van der Waals surface area contributed by atoms with Gasteiger partial charge in [-0.15, -0.1) is 0 Å². The summed E-state index contributed by atoms with van der Waals surface area (Å²) in [4.78, 5) is 24.9. The highest BCUT2D eigenvalue weighted by molar-refractivity contribution is 5.92. The Hall–Kier alpha value is -2.62. The molecule has 148 valence electrons. The van der Waals surface area contributed by atoms with Crippen molar-refractivity contribution < 1.29 is 14.3 Å². The summed E-state index contributed by atoms with van der Waals surface area (Å²) in [6.45, 7) is 4.17. The van der Waals surface area contributed by atoms with Gasteiger partial charge >= 0.3 is 5.97 Å². The van der Waals surface area contributed by atoms with Gasteiger partial charge in [-0.3, -0.25) is 4.79 Å². The molecular formula is C24H29NO3. The van der Waals surface area contributed by atoms with Crippen molar-refractivity contribution in [1.29, 1.82) is 0 Å². The lowest BCUT2D eigenvalue weighted by Gasteiger charge is -2.34. The van der Waals surface area contributed by atoms with Gasteiger partial charge < -0.3 is 10.1 Å². The smallest absolute Gasteiger partial charge is 0.338 e. The Morgan fingerprint density at radius 1 is 1.00 bits per heavy atom. The molecule has 2 aromatic carbocycles. The summed E-state index contributed by atoms with van der Waals surface area (Å²) in [6.07, 6.45) is 3.98. The lowest BCUT2D eigenvalue weighted by molar-refractivity contribution is -0.125. The molecule has 1 N–H and O–H groups in total. The Morgan fingerprint density at radius 3 is 2.50 bits per heavy atom. The molecule has 0 spiro atoms. The third-order valence-electron chi connectivity index (χ3n) is 5.86. The number of esters is 1. The van der Waals surface area contributed by atoms with Crippen LogP contribution in [0, 0.1) is 11.8 Å². The lowest BCUT2D eigenvalue weighted by Crippen LogP contribution is -2.45. The van der Waals surface area contributed by atoms with E-state index < -0.39 is 5.97 Å². The zero-order chi connectivity index (χ0) is 19.9. The number of amides is 1. The molecule has 2 aromatic rings. The second-order valence-corrected chi connectivity index (χ2v) is 7.84. The number of ether oxygens (including phenoxy) is 1. The fourth-order valence-electron chi connectivity index (χ4n) is 3.93. The highest BCUT2D eigenvalue weighted by Crippen LogP contribution is 2.29. The van der Waals surface area contributed by atoms with E-state index in [9.17, 15) is 9.59 Å². The standard InChI is InChI=1S/C24H29NO3/c1-17-9-8-14-22(18(17)2)25-23(26)16-28-24(27)21-13-7-6-12-20(21)15-19-10-4-3-5-11-19/h3-7,10-13,17-18,22H,8-9,14-16H2,1-2H3,(H,25,26)/t17-,18+,22-/m0/s1. The van der Waals surface area contributed by atoms with Gasteiger partial charge in [0.05, 0.1) is 5.56 Å². The minimum atomic E-state index is -0.452. The molecule has 0 aromatic heterocycles. The fraction of sp³-hybridized carbons (Fsp3) is 0.417. The van der Waals surface area contributed by atoms with Gasteiger partial charge in [0.1, 0.15) is 0 Å². The van der Waals surface area contributed by atoms with Crippen LogP contribution in [-0.4, -0.2) is 24.5 Å². The third-order valence-corrected chi connectivity index (χ3v) is 5.86. The van der Waals surface area contributed by atoms with Gasteiger partial charge in [0.15, 0.2) is 6.61 Å². The van der Waals surface area contributed by atoms with Crippen molar-refractivity contribution in [2.75, 3.05) is 6.61 Å². The molecule has 1 saturated carbocycles. The molecule has 0 saturated heterocycles. The Balaban J connectivity index is 1.57. The van der Waals surface area contributed by atoms with Gasteiger partial charge in [0.25, 0.3) is 5.91 Å². The van der Waals surface area contributed by atoms with Crippen LogP contribution in [-0.2, 0) is 16.0 Å². The molecular weight excluding hydrogens is 350 g/mol. The number of carbonyl (C=O) groups is 2. The first-order valence-electron chi connectivity index (χ1n) is 10.1. The van der Waals surface area contributed by atoms with Gasteiger partial charge in [-0.2, -0.15) is 0 Å². The molecule has 4 heteroatoms. The number of benzene rings is 2. The molecule has 0 aliphatic heterocycles. The minimum absolute atomic E-state index is 0.167.